The van der Waals surface area contributed by atoms with Gasteiger partial charge < -0.3 is 10.2 Å². The molecule has 2 aromatic carbocycles. The van der Waals surface area contributed by atoms with E-state index in [1.54, 1.807) is 32.9 Å². The third-order valence-corrected chi connectivity index (χ3v) is 3.15. The summed E-state index contributed by atoms with van der Waals surface area (Å²) in [5.74, 6) is -0.579. The van der Waals surface area contributed by atoms with Gasteiger partial charge in [-0.15, -0.1) is 0 Å². The van der Waals surface area contributed by atoms with E-state index in [1.165, 1.54) is 0 Å². The Labute approximate surface area is 129 Å². The Bertz CT molecular complexity index is 730. The zero-order valence-corrected chi connectivity index (χ0v) is 12.9. The van der Waals surface area contributed by atoms with Gasteiger partial charge >= 0.3 is 0 Å². The van der Waals surface area contributed by atoms with Crippen LogP contribution in [-0.4, -0.2) is 27.4 Å². The molecule has 22 heavy (non-hydrogen) atoms. The van der Waals surface area contributed by atoms with Gasteiger partial charge in [0.2, 0.25) is 0 Å². The lowest BCUT2D eigenvalue weighted by atomic mass is 10.0. The van der Waals surface area contributed by atoms with E-state index in [-0.39, 0.29) is 11.3 Å². The SMILES string of the molecule is CC(CC(C)(C)O)=NNC(=O)c1cc2ccccc2cc1O. The smallest absolute Gasteiger partial charge is 0.275 e. The molecule has 0 aliphatic carbocycles. The molecule has 0 aromatic heterocycles. The van der Waals surface area contributed by atoms with Crippen molar-refractivity contribution in [2.75, 3.05) is 0 Å². The Kier molecular flexibility index (Phi) is 4.47. The molecule has 0 saturated carbocycles. The highest BCUT2D eigenvalue weighted by Crippen LogP contribution is 2.24. The van der Waals surface area contributed by atoms with E-state index in [0.29, 0.717) is 12.1 Å². The minimum Gasteiger partial charge on any atom is -0.507 e. The minimum absolute atomic E-state index is 0.0912. The summed E-state index contributed by atoms with van der Waals surface area (Å²) < 4.78 is 0. The second-order valence-corrected chi connectivity index (χ2v) is 5.99. The molecule has 0 radical (unpaired) electrons. The highest BCUT2D eigenvalue weighted by Gasteiger charge is 2.15. The van der Waals surface area contributed by atoms with Crippen LogP contribution in [0, 0.1) is 0 Å². The fraction of sp³-hybridized carbons (Fsp3) is 0.294. The van der Waals surface area contributed by atoms with Crippen LogP contribution in [0.25, 0.3) is 10.8 Å². The van der Waals surface area contributed by atoms with Gasteiger partial charge in [-0.3, -0.25) is 4.79 Å². The van der Waals surface area contributed by atoms with E-state index in [0.717, 1.165) is 10.8 Å². The maximum absolute atomic E-state index is 12.1. The van der Waals surface area contributed by atoms with Gasteiger partial charge in [0.05, 0.1) is 11.2 Å². The molecule has 1 amide bonds. The van der Waals surface area contributed by atoms with Crippen LogP contribution in [-0.2, 0) is 0 Å². The molecule has 0 atom stereocenters. The summed E-state index contributed by atoms with van der Waals surface area (Å²) in [7, 11) is 0. The highest BCUT2D eigenvalue weighted by atomic mass is 16.3. The minimum atomic E-state index is -0.886. The van der Waals surface area contributed by atoms with Crippen molar-refractivity contribution in [2.45, 2.75) is 32.8 Å². The molecular weight excluding hydrogens is 280 g/mol. The topological polar surface area (TPSA) is 81.9 Å². The zero-order chi connectivity index (χ0) is 16.3. The van der Waals surface area contributed by atoms with Crippen LogP contribution < -0.4 is 5.43 Å². The van der Waals surface area contributed by atoms with Crippen LogP contribution in [0.15, 0.2) is 41.5 Å². The second kappa shape index (κ2) is 6.15. The van der Waals surface area contributed by atoms with Crippen LogP contribution in [0.4, 0.5) is 0 Å². The maximum atomic E-state index is 12.1. The molecular formula is C17H20N2O3. The van der Waals surface area contributed by atoms with E-state index in [4.69, 9.17) is 0 Å². The van der Waals surface area contributed by atoms with Crippen LogP contribution in [0.1, 0.15) is 37.6 Å². The largest absolute Gasteiger partial charge is 0.507 e. The normalized spacial score (nSPS) is 12.5. The third-order valence-electron chi connectivity index (χ3n) is 3.15. The number of nitrogens with zero attached hydrogens (tertiary/aromatic N) is 1. The molecule has 0 unspecified atom stereocenters. The number of hydrazone groups is 1. The van der Waals surface area contributed by atoms with Gasteiger partial charge in [-0.1, -0.05) is 24.3 Å². The summed E-state index contributed by atoms with van der Waals surface area (Å²) in [6.07, 6.45) is 0.344. The van der Waals surface area contributed by atoms with Crippen LogP contribution in [0.5, 0.6) is 5.75 Å². The Morgan fingerprint density at radius 1 is 1.23 bits per heavy atom. The standard InChI is InChI=1S/C17H20N2O3/c1-11(10-17(2,3)22)18-19-16(21)14-8-12-6-4-5-7-13(12)9-15(14)20/h4-9,20,22H,10H2,1-3H3,(H,19,21). The Morgan fingerprint density at radius 3 is 2.41 bits per heavy atom. The van der Waals surface area contributed by atoms with Crippen molar-refractivity contribution in [3.05, 3.63) is 42.0 Å². The molecule has 5 nitrogen and oxygen atoms in total. The van der Waals surface area contributed by atoms with E-state index in [1.807, 2.05) is 24.3 Å². The van der Waals surface area contributed by atoms with Gasteiger partial charge in [0.1, 0.15) is 5.75 Å². The Balaban J connectivity index is 2.19. The number of benzene rings is 2. The van der Waals surface area contributed by atoms with E-state index >= 15 is 0 Å². The van der Waals surface area contributed by atoms with Gasteiger partial charge in [-0.25, -0.2) is 5.43 Å². The Hall–Kier alpha value is -2.40. The average molecular weight is 300 g/mol. The molecule has 0 aliphatic rings. The molecule has 0 spiro atoms. The number of aromatic hydroxyl groups is 1. The van der Waals surface area contributed by atoms with Gasteiger partial charge in [-0.05, 0) is 43.7 Å². The van der Waals surface area contributed by atoms with Crippen LogP contribution in [0.3, 0.4) is 0 Å². The number of hydrogen-bond donors (Lipinski definition) is 3. The first kappa shape index (κ1) is 16.0. The number of aliphatic hydroxyl groups is 1. The van der Waals surface area contributed by atoms with E-state index in [9.17, 15) is 15.0 Å². The maximum Gasteiger partial charge on any atom is 0.275 e. The number of fused-ring (bicyclic) bond motifs is 1. The quantitative estimate of drug-likeness (QED) is 0.600. The first-order valence-corrected chi connectivity index (χ1v) is 7.04. The van der Waals surface area contributed by atoms with Crippen LogP contribution in [0.2, 0.25) is 0 Å². The molecule has 0 saturated heterocycles. The van der Waals surface area contributed by atoms with Gasteiger partial charge in [-0.2, -0.15) is 5.10 Å². The summed E-state index contributed by atoms with van der Waals surface area (Å²) in [5, 5.41) is 25.4. The predicted octanol–water partition coefficient (Wildman–Crippen LogP) is 2.81. The van der Waals surface area contributed by atoms with Crippen molar-refractivity contribution in [3.8, 4) is 5.75 Å². The number of hydrogen-bond acceptors (Lipinski definition) is 4. The molecule has 5 heteroatoms. The first-order valence-electron chi connectivity index (χ1n) is 7.04. The number of nitrogens with one attached hydrogen (secondary N) is 1. The lowest BCUT2D eigenvalue weighted by Gasteiger charge is -2.16. The molecule has 0 heterocycles. The molecule has 2 rings (SSSR count). The van der Waals surface area contributed by atoms with Gasteiger partial charge in [0.15, 0.2) is 0 Å². The number of carbonyl (C=O) groups is 1. The fourth-order valence-corrected chi connectivity index (χ4v) is 2.28. The number of phenolic OH excluding ortho intramolecular Hbond substituents is 1. The third kappa shape index (κ3) is 4.05. The molecule has 116 valence electrons. The van der Waals surface area contributed by atoms with Crippen molar-refractivity contribution in [1.29, 1.82) is 0 Å². The van der Waals surface area contributed by atoms with Gasteiger partial charge in [0.25, 0.3) is 5.91 Å². The molecule has 0 aliphatic heterocycles. The summed E-state index contributed by atoms with van der Waals surface area (Å²) in [4.78, 5) is 12.1. The van der Waals surface area contributed by atoms with Gasteiger partial charge in [0, 0.05) is 12.1 Å². The van der Waals surface area contributed by atoms with Crippen molar-refractivity contribution in [2.24, 2.45) is 5.10 Å². The number of rotatable bonds is 4. The number of phenols is 1. The zero-order valence-electron chi connectivity index (χ0n) is 12.9. The van der Waals surface area contributed by atoms with E-state index < -0.39 is 11.5 Å². The summed E-state index contributed by atoms with van der Waals surface area (Å²) >= 11 is 0. The average Bonchev–Trinajstić information content (AvgIpc) is 2.42. The fourth-order valence-electron chi connectivity index (χ4n) is 2.28. The summed E-state index contributed by atoms with van der Waals surface area (Å²) in [5.41, 5.74) is 2.28. The van der Waals surface area contributed by atoms with Crippen molar-refractivity contribution >= 4 is 22.4 Å². The van der Waals surface area contributed by atoms with Crippen molar-refractivity contribution in [1.82, 2.24) is 5.43 Å². The number of amides is 1. The lowest BCUT2D eigenvalue weighted by molar-refractivity contribution is 0.0875. The van der Waals surface area contributed by atoms with Crippen LogP contribution >= 0.6 is 0 Å². The predicted molar refractivity (Wildman–Crippen MR) is 87.1 cm³/mol. The number of carbonyl (C=O) groups excluding carboxylic acids is 1. The summed E-state index contributed by atoms with van der Waals surface area (Å²) in [6.45, 7) is 5.06. The first-order chi connectivity index (χ1) is 10.3. The summed E-state index contributed by atoms with van der Waals surface area (Å²) in [6, 6.07) is 10.6. The van der Waals surface area contributed by atoms with E-state index in [2.05, 4.69) is 10.5 Å². The monoisotopic (exact) mass is 300 g/mol. The molecule has 2 aromatic rings. The van der Waals surface area contributed by atoms with Crippen molar-refractivity contribution < 1.29 is 15.0 Å². The molecule has 3 N–H and O–H groups in total. The highest BCUT2D eigenvalue weighted by molar-refractivity contribution is 6.01. The lowest BCUT2D eigenvalue weighted by Crippen LogP contribution is -2.25. The molecule has 0 bridgehead atoms. The second-order valence-electron chi connectivity index (χ2n) is 5.99. The van der Waals surface area contributed by atoms with Crippen molar-refractivity contribution in [3.63, 3.8) is 0 Å². The Morgan fingerprint density at radius 2 is 1.82 bits per heavy atom. The molecule has 0 fully saturated rings.